The molecule has 0 atom stereocenters. The van der Waals surface area contributed by atoms with Crippen LogP contribution in [0.5, 0.6) is 11.5 Å². The molecule has 5 nitrogen and oxygen atoms in total. The number of alkyl halides is 5. The van der Waals surface area contributed by atoms with Gasteiger partial charge in [0.1, 0.15) is 5.01 Å². The lowest BCUT2D eigenvalue weighted by atomic mass is 10.1. The van der Waals surface area contributed by atoms with E-state index in [9.17, 15) is 26.7 Å². The van der Waals surface area contributed by atoms with E-state index in [4.69, 9.17) is 4.74 Å². The Kier molecular flexibility index (Phi) is 7.85. The molecule has 3 aromatic rings. The topological polar surface area (TPSA) is 60.5 Å². The average Bonchev–Trinajstić information content (AvgIpc) is 3.21. The number of aromatic nitrogens is 1. The van der Waals surface area contributed by atoms with Gasteiger partial charge >= 0.3 is 12.8 Å². The van der Waals surface area contributed by atoms with Crippen molar-refractivity contribution >= 4 is 17.2 Å². The fourth-order valence-corrected chi connectivity index (χ4v) is 3.79. The molecule has 1 aromatic heterocycles. The fraction of sp³-hybridized carbons (Fsp3) is 0.273. The van der Waals surface area contributed by atoms with Crippen molar-refractivity contribution in [2.75, 3.05) is 13.7 Å². The van der Waals surface area contributed by atoms with Gasteiger partial charge in [-0.25, -0.2) is 4.98 Å². The Morgan fingerprint density at radius 2 is 1.85 bits per heavy atom. The van der Waals surface area contributed by atoms with Gasteiger partial charge in [-0.05, 0) is 36.2 Å². The Balaban J connectivity index is 1.52. The highest BCUT2D eigenvalue weighted by atomic mass is 32.1. The van der Waals surface area contributed by atoms with Crippen LogP contribution in [0.4, 0.5) is 22.0 Å². The normalized spacial score (nSPS) is 11.5. The SMILES string of the molecule is COc1ccc(CCNC(=O)Cc2csc(-c3ccc(C(F)(F)F)cc3)n2)cc1OC(F)F. The third-order valence-electron chi connectivity index (χ3n) is 4.53. The van der Waals surface area contributed by atoms with E-state index in [2.05, 4.69) is 15.0 Å². The van der Waals surface area contributed by atoms with Gasteiger partial charge in [0.2, 0.25) is 5.91 Å². The first kappa shape index (κ1) is 24.4. The van der Waals surface area contributed by atoms with Crippen LogP contribution < -0.4 is 14.8 Å². The van der Waals surface area contributed by atoms with E-state index in [1.807, 2.05) is 0 Å². The minimum absolute atomic E-state index is 0.000505. The average molecular weight is 486 g/mol. The van der Waals surface area contributed by atoms with Crippen LogP contribution in [0.25, 0.3) is 10.6 Å². The van der Waals surface area contributed by atoms with Crippen LogP contribution in [0.2, 0.25) is 0 Å². The molecule has 0 saturated carbocycles. The summed E-state index contributed by atoms with van der Waals surface area (Å²) in [6.45, 7) is -2.73. The maximum absolute atomic E-state index is 12.7. The molecule has 0 saturated heterocycles. The zero-order valence-electron chi connectivity index (χ0n) is 17.3. The molecule has 0 fully saturated rings. The molecule has 0 radical (unpaired) electrons. The lowest BCUT2D eigenvalue weighted by molar-refractivity contribution is -0.137. The summed E-state index contributed by atoms with van der Waals surface area (Å²) in [7, 11) is 1.34. The molecule has 3 rings (SSSR count). The number of nitrogens with one attached hydrogen (secondary N) is 1. The number of amides is 1. The van der Waals surface area contributed by atoms with Crippen molar-refractivity contribution in [1.29, 1.82) is 0 Å². The Morgan fingerprint density at radius 1 is 1.12 bits per heavy atom. The number of carbonyl (C=O) groups is 1. The maximum Gasteiger partial charge on any atom is 0.416 e. The van der Waals surface area contributed by atoms with Gasteiger partial charge < -0.3 is 14.8 Å². The lowest BCUT2D eigenvalue weighted by Gasteiger charge is -2.11. The van der Waals surface area contributed by atoms with Crippen LogP contribution in [-0.2, 0) is 23.8 Å². The molecule has 1 amide bonds. The highest BCUT2D eigenvalue weighted by Crippen LogP contribution is 2.32. The molecule has 0 spiro atoms. The van der Waals surface area contributed by atoms with Crippen LogP contribution >= 0.6 is 11.3 Å². The van der Waals surface area contributed by atoms with Crippen LogP contribution in [0, 0.1) is 0 Å². The predicted octanol–water partition coefficient (Wildman–Crippen LogP) is 5.34. The third kappa shape index (κ3) is 6.88. The number of halogens is 5. The van der Waals surface area contributed by atoms with Crippen molar-refractivity contribution in [3.05, 3.63) is 64.7 Å². The van der Waals surface area contributed by atoms with Gasteiger partial charge in [-0.1, -0.05) is 18.2 Å². The molecule has 0 aliphatic rings. The number of methoxy groups -OCH3 is 1. The number of hydrogen-bond donors (Lipinski definition) is 1. The van der Waals surface area contributed by atoms with Gasteiger partial charge in [0, 0.05) is 17.5 Å². The van der Waals surface area contributed by atoms with Crippen LogP contribution in [-0.4, -0.2) is 31.2 Å². The van der Waals surface area contributed by atoms with E-state index in [-0.39, 0.29) is 30.4 Å². The summed E-state index contributed by atoms with van der Waals surface area (Å²) in [4.78, 5) is 16.5. The van der Waals surface area contributed by atoms with Crippen molar-refractivity contribution in [1.82, 2.24) is 10.3 Å². The van der Waals surface area contributed by atoms with E-state index in [1.54, 1.807) is 11.4 Å². The first-order chi connectivity index (χ1) is 15.7. The van der Waals surface area contributed by atoms with E-state index in [0.29, 0.717) is 28.2 Å². The number of thiazole rings is 1. The molecule has 1 heterocycles. The molecule has 2 aromatic carbocycles. The second-order valence-corrected chi connectivity index (χ2v) is 7.72. The summed E-state index contributed by atoms with van der Waals surface area (Å²) in [6, 6.07) is 9.26. The van der Waals surface area contributed by atoms with Crippen molar-refractivity contribution in [3.8, 4) is 22.1 Å². The van der Waals surface area contributed by atoms with Gasteiger partial charge in [-0.3, -0.25) is 4.79 Å². The maximum atomic E-state index is 12.7. The Hall–Kier alpha value is -3.21. The van der Waals surface area contributed by atoms with Crippen LogP contribution in [0.1, 0.15) is 16.8 Å². The molecule has 0 unspecified atom stereocenters. The number of rotatable bonds is 9. The molecule has 33 heavy (non-hydrogen) atoms. The first-order valence-electron chi connectivity index (χ1n) is 9.66. The Bertz CT molecular complexity index is 1080. The fourth-order valence-electron chi connectivity index (χ4n) is 2.96. The monoisotopic (exact) mass is 486 g/mol. The first-order valence-corrected chi connectivity index (χ1v) is 10.5. The van der Waals surface area contributed by atoms with E-state index in [0.717, 1.165) is 12.1 Å². The summed E-state index contributed by atoms with van der Waals surface area (Å²) in [5.74, 6) is -0.207. The number of benzene rings is 2. The van der Waals surface area contributed by atoms with E-state index < -0.39 is 18.4 Å². The van der Waals surface area contributed by atoms with Crippen molar-refractivity contribution in [2.45, 2.75) is 25.6 Å². The van der Waals surface area contributed by atoms with Gasteiger partial charge in [0.25, 0.3) is 0 Å². The summed E-state index contributed by atoms with van der Waals surface area (Å²) in [6.07, 6.45) is -4.03. The minimum Gasteiger partial charge on any atom is -0.493 e. The Labute approximate surface area is 190 Å². The molecule has 11 heteroatoms. The van der Waals surface area contributed by atoms with Crippen molar-refractivity contribution < 1.29 is 36.2 Å². The number of nitrogens with zero attached hydrogens (tertiary/aromatic N) is 1. The molecule has 0 aliphatic carbocycles. The highest BCUT2D eigenvalue weighted by Gasteiger charge is 2.30. The number of ether oxygens (including phenoxy) is 2. The second-order valence-electron chi connectivity index (χ2n) is 6.86. The molecule has 176 valence electrons. The van der Waals surface area contributed by atoms with Crippen LogP contribution in [0.3, 0.4) is 0 Å². The summed E-state index contributed by atoms with van der Waals surface area (Å²) in [5, 5.41) is 4.90. The van der Waals surface area contributed by atoms with Gasteiger partial charge in [0.15, 0.2) is 11.5 Å². The third-order valence-corrected chi connectivity index (χ3v) is 5.47. The number of hydrogen-bond acceptors (Lipinski definition) is 5. The largest absolute Gasteiger partial charge is 0.493 e. The van der Waals surface area contributed by atoms with Gasteiger partial charge in [-0.2, -0.15) is 22.0 Å². The van der Waals surface area contributed by atoms with Crippen molar-refractivity contribution in [3.63, 3.8) is 0 Å². The molecule has 0 aliphatic heterocycles. The lowest BCUT2D eigenvalue weighted by Crippen LogP contribution is -2.27. The number of carbonyl (C=O) groups excluding carboxylic acids is 1. The minimum atomic E-state index is -4.41. The zero-order chi connectivity index (χ0) is 24.0. The van der Waals surface area contributed by atoms with E-state index >= 15 is 0 Å². The van der Waals surface area contributed by atoms with Crippen molar-refractivity contribution in [2.24, 2.45) is 0 Å². The molecular formula is C22H19F5N2O3S. The second kappa shape index (κ2) is 10.6. The standard InChI is InChI=1S/C22H19F5N2O3S/c1-31-17-7-2-13(10-18(17)32-21(23)24)8-9-28-19(30)11-16-12-33-20(29-16)14-3-5-15(6-4-14)22(25,26)27/h2-7,10,12,21H,8-9,11H2,1H3,(H,28,30). The summed E-state index contributed by atoms with van der Waals surface area (Å²) < 4.78 is 72.5. The van der Waals surface area contributed by atoms with Gasteiger partial charge in [0.05, 0.1) is 24.8 Å². The quantitative estimate of drug-likeness (QED) is 0.415. The van der Waals surface area contributed by atoms with Gasteiger partial charge in [-0.15, -0.1) is 11.3 Å². The summed E-state index contributed by atoms with van der Waals surface area (Å²) in [5.41, 5.74) is 0.947. The Morgan fingerprint density at radius 3 is 2.48 bits per heavy atom. The molecule has 0 bridgehead atoms. The molecule has 1 N–H and O–H groups in total. The zero-order valence-corrected chi connectivity index (χ0v) is 18.1. The summed E-state index contributed by atoms with van der Waals surface area (Å²) >= 11 is 1.23. The highest BCUT2D eigenvalue weighted by molar-refractivity contribution is 7.13. The van der Waals surface area contributed by atoms with Crippen LogP contribution in [0.15, 0.2) is 47.8 Å². The smallest absolute Gasteiger partial charge is 0.416 e. The molecular weight excluding hydrogens is 467 g/mol. The van der Waals surface area contributed by atoms with E-state index in [1.165, 1.54) is 42.7 Å². The predicted molar refractivity (Wildman–Crippen MR) is 113 cm³/mol.